The second-order valence-corrected chi connectivity index (χ2v) is 10.5. The van der Waals surface area contributed by atoms with Crippen LogP contribution in [0, 0.1) is 10.8 Å². The standard InChI is InChI=1S/C26H25F3N6O2S/c27-26(28,29)24(30)14-20(34-19-5-3-4-18(13-19)25(31)32)15-35-11-10-17-12-16(8-9-22(17)35)21-6-1-2-7-23(21)38(33,36)37/h1-13,20,30,34H,14-15H2,(H3,31,32)(H2,33,36,37)/p+1. The lowest BCUT2D eigenvalue weighted by atomic mass is 10.0. The number of fused-ring (bicyclic) bond motifs is 1. The molecule has 1 aromatic heterocycles. The predicted molar refractivity (Wildman–Crippen MR) is 140 cm³/mol. The number of halogens is 3. The van der Waals surface area contributed by atoms with E-state index in [1.54, 1.807) is 82.8 Å². The van der Waals surface area contributed by atoms with Gasteiger partial charge in [-0.05, 0) is 35.9 Å². The van der Waals surface area contributed by atoms with Gasteiger partial charge in [-0.3, -0.25) is 5.41 Å². The first kappa shape index (κ1) is 27.0. The van der Waals surface area contributed by atoms with Crippen LogP contribution in [0.25, 0.3) is 22.0 Å². The number of hydrogen-bond acceptors (Lipinski definition) is 4. The van der Waals surface area contributed by atoms with Crippen LogP contribution in [0.4, 0.5) is 18.9 Å². The Bertz CT molecular complexity index is 1630. The number of sulfonamides is 1. The number of primary sulfonamides is 1. The van der Waals surface area contributed by atoms with Crippen LogP contribution < -0.4 is 16.2 Å². The third kappa shape index (κ3) is 6.10. The highest BCUT2D eigenvalue weighted by molar-refractivity contribution is 7.89. The Morgan fingerprint density at radius 1 is 1.00 bits per heavy atom. The molecule has 8 nitrogen and oxygen atoms in total. The number of aromatic nitrogens is 1. The van der Waals surface area contributed by atoms with Gasteiger partial charge in [-0.2, -0.15) is 13.2 Å². The summed E-state index contributed by atoms with van der Waals surface area (Å²) in [4.78, 5) is -0.00750. The molecule has 0 saturated carbocycles. The van der Waals surface area contributed by atoms with E-state index in [9.17, 15) is 21.6 Å². The summed E-state index contributed by atoms with van der Waals surface area (Å²) in [6, 6.07) is 19.4. The number of hydrogen-bond donors (Lipinski definition) is 5. The Hall–Kier alpha value is -4.00. The van der Waals surface area contributed by atoms with Gasteiger partial charge in [0, 0.05) is 40.7 Å². The molecular formula is C26H26F3N6O2S+. The number of nitrogens with one attached hydrogen (secondary N) is 2. The molecule has 0 amide bonds. The van der Waals surface area contributed by atoms with E-state index in [4.69, 9.17) is 21.7 Å². The number of nitrogens with zero attached hydrogens (tertiary/aromatic N) is 1. The summed E-state index contributed by atoms with van der Waals surface area (Å²) in [5.74, 6) is -0.156. The fourth-order valence-corrected chi connectivity index (χ4v) is 5.13. The van der Waals surface area contributed by atoms with Crippen LogP contribution in [0.5, 0.6) is 0 Å². The summed E-state index contributed by atoms with van der Waals surface area (Å²) >= 11 is 0. The molecule has 38 heavy (non-hydrogen) atoms. The number of amidine groups is 1. The van der Waals surface area contributed by atoms with Crippen molar-refractivity contribution < 1.29 is 26.9 Å². The molecule has 198 valence electrons. The van der Waals surface area contributed by atoms with Crippen molar-refractivity contribution in [1.82, 2.24) is 4.57 Å². The van der Waals surface area contributed by atoms with E-state index in [-0.39, 0.29) is 17.3 Å². The van der Waals surface area contributed by atoms with Gasteiger partial charge in [0.2, 0.25) is 10.0 Å². The number of alkyl halides is 3. The molecule has 0 aliphatic carbocycles. The number of rotatable bonds is 9. The van der Waals surface area contributed by atoms with Gasteiger partial charge < -0.3 is 21.0 Å². The van der Waals surface area contributed by atoms with Crippen LogP contribution in [0.2, 0.25) is 0 Å². The summed E-state index contributed by atoms with van der Waals surface area (Å²) in [7, 11) is -3.95. The van der Waals surface area contributed by atoms with Gasteiger partial charge in [-0.25, -0.2) is 13.6 Å². The normalized spacial score (nSPS) is 12.9. The molecule has 1 heterocycles. The quantitative estimate of drug-likeness (QED) is 0.125. The van der Waals surface area contributed by atoms with Crippen molar-refractivity contribution in [3.05, 3.63) is 84.6 Å². The average molecular weight is 544 g/mol. The third-order valence-corrected chi connectivity index (χ3v) is 7.11. The van der Waals surface area contributed by atoms with Gasteiger partial charge in [-0.15, -0.1) is 0 Å². The predicted octanol–water partition coefficient (Wildman–Crippen LogP) is 3.48. The molecule has 4 rings (SSSR count). The van der Waals surface area contributed by atoms with Crippen LogP contribution in [-0.4, -0.2) is 36.8 Å². The maximum absolute atomic E-state index is 13.2. The number of nitrogen functional groups attached to an aromatic ring is 1. The highest BCUT2D eigenvalue weighted by Crippen LogP contribution is 2.30. The van der Waals surface area contributed by atoms with Crippen molar-refractivity contribution in [3.8, 4) is 11.1 Å². The molecule has 1 unspecified atom stereocenters. The van der Waals surface area contributed by atoms with E-state index < -0.39 is 34.4 Å². The van der Waals surface area contributed by atoms with Crippen LogP contribution in [0.1, 0.15) is 12.0 Å². The lowest BCUT2D eigenvalue weighted by Gasteiger charge is -2.19. The van der Waals surface area contributed by atoms with Crippen LogP contribution >= 0.6 is 0 Å². The van der Waals surface area contributed by atoms with Crippen molar-refractivity contribution >= 4 is 38.2 Å². The lowest BCUT2D eigenvalue weighted by molar-refractivity contribution is -0.611. The molecule has 0 radical (unpaired) electrons. The van der Waals surface area contributed by atoms with Gasteiger partial charge in [-0.1, -0.05) is 36.4 Å². The van der Waals surface area contributed by atoms with Crippen molar-refractivity contribution in [2.24, 2.45) is 10.9 Å². The summed E-state index contributed by atoms with van der Waals surface area (Å²) in [6.07, 6.45) is -3.53. The molecule has 3 aromatic carbocycles. The Morgan fingerprint density at radius 2 is 1.74 bits per heavy atom. The molecule has 4 aromatic rings. The van der Waals surface area contributed by atoms with E-state index in [1.165, 1.54) is 6.07 Å². The Kier molecular flexibility index (Phi) is 7.40. The van der Waals surface area contributed by atoms with Crippen LogP contribution in [0.3, 0.4) is 0 Å². The fourth-order valence-electron chi connectivity index (χ4n) is 4.37. The number of benzene rings is 3. The van der Waals surface area contributed by atoms with Crippen LogP contribution in [0.15, 0.2) is 83.9 Å². The second-order valence-electron chi connectivity index (χ2n) is 8.93. The monoisotopic (exact) mass is 543 g/mol. The molecule has 0 spiro atoms. The minimum atomic E-state index is -4.74. The number of nitrogens with two attached hydrogens (primary N) is 3. The average Bonchev–Trinajstić information content (AvgIpc) is 3.25. The zero-order valence-electron chi connectivity index (χ0n) is 20.0. The van der Waals surface area contributed by atoms with Gasteiger partial charge >= 0.3 is 6.18 Å². The van der Waals surface area contributed by atoms with E-state index in [0.29, 0.717) is 22.4 Å². The van der Waals surface area contributed by atoms with Crippen molar-refractivity contribution in [1.29, 1.82) is 10.8 Å². The first-order chi connectivity index (χ1) is 17.8. The van der Waals surface area contributed by atoms with Gasteiger partial charge in [0.25, 0.3) is 0 Å². The van der Waals surface area contributed by atoms with E-state index in [2.05, 4.69) is 0 Å². The zero-order valence-corrected chi connectivity index (χ0v) is 20.9. The molecule has 0 aliphatic heterocycles. The zero-order chi connectivity index (χ0) is 27.7. The highest BCUT2D eigenvalue weighted by atomic mass is 32.2. The minimum Gasteiger partial charge on any atom is -0.384 e. The third-order valence-electron chi connectivity index (χ3n) is 6.14. The molecular weight excluding hydrogens is 517 g/mol. The second kappa shape index (κ2) is 10.4. The summed E-state index contributed by atoms with van der Waals surface area (Å²) in [6.45, 7) is 0.152. The Morgan fingerprint density at radius 3 is 2.42 bits per heavy atom. The first-order valence-corrected chi connectivity index (χ1v) is 13.0. The first-order valence-electron chi connectivity index (χ1n) is 11.5. The fraction of sp³-hybridized carbons (Fsp3) is 0.154. The Balaban J connectivity index is 1.67. The summed E-state index contributed by atoms with van der Waals surface area (Å²) in [5.41, 5.74) is 7.06. The molecule has 0 aliphatic rings. The van der Waals surface area contributed by atoms with Gasteiger partial charge in [0.15, 0.2) is 0 Å². The molecule has 0 bridgehead atoms. The maximum Gasteiger partial charge on any atom is 0.429 e. The van der Waals surface area contributed by atoms with Crippen molar-refractivity contribution in [2.75, 3.05) is 0 Å². The highest BCUT2D eigenvalue weighted by Gasteiger charge is 2.36. The topological polar surface area (TPSA) is 155 Å². The lowest BCUT2D eigenvalue weighted by Crippen LogP contribution is -2.85. The maximum atomic E-state index is 13.2. The summed E-state index contributed by atoms with van der Waals surface area (Å²) < 4.78 is 65.6. The molecule has 12 heteroatoms. The Labute approximate surface area is 217 Å². The molecule has 1 atom stereocenters. The van der Waals surface area contributed by atoms with E-state index >= 15 is 0 Å². The van der Waals surface area contributed by atoms with E-state index in [0.717, 1.165) is 10.9 Å². The van der Waals surface area contributed by atoms with Crippen molar-refractivity contribution in [3.63, 3.8) is 0 Å². The van der Waals surface area contributed by atoms with E-state index in [1.807, 2.05) is 0 Å². The molecule has 0 fully saturated rings. The SMILES string of the molecule is N=C(N)c1cccc([NH2+]C(CC(=N)C(F)(F)F)Cn2ccc3cc(-c4ccccc4S(N)(=O)=O)ccc32)c1. The van der Waals surface area contributed by atoms with Gasteiger partial charge in [0.05, 0.1) is 11.4 Å². The largest absolute Gasteiger partial charge is 0.429 e. The van der Waals surface area contributed by atoms with Crippen LogP contribution in [-0.2, 0) is 16.6 Å². The van der Waals surface area contributed by atoms with Crippen molar-refractivity contribution in [2.45, 2.75) is 30.1 Å². The summed E-state index contributed by atoms with van der Waals surface area (Å²) in [5, 5.41) is 23.0. The smallest absolute Gasteiger partial charge is 0.384 e. The minimum absolute atomic E-state index is 0.00750. The molecule has 0 saturated heterocycles. The molecule has 8 N–H and O–H groups in total. The number of quaternary nitrogens is 1. The van der Waals surface area contributed by atoms with Gasteiger partial charge in [0.1, 0.15) is 23.3 Å².